The first kappa shape index (κ1) is 16.5. The van der Waals surface area contributed by atoms with Crippen LogP contribution >= 0.6 is 23.4 Å². The van der Waals surface area contributed by atoms with Crippen molar-refractivity contribution in [1.29, 1.82) is 0 Å². The van der Waals surface area contributed by atoms with E-state index < -0.39 is 18.5 Å². The van der Waals surface area contributed by atoms with Crippen molar-refractivity contribution in [2.45, 2.75) is 6.61 Å². The summed E-state index contributed by atoms with van der Waals surface area (Å²) in [5.74, 6) is -2.01. The fraction of sp³-hybridized carbons (Fsp3) is 0.273. The van der Waals surface area contributed by atoms with Crippen molar-refractivity contribution in [3.63, 3.8) is 0 Å². The van der Waals surface area contributed by atoms with Crippen LogP contribution in [0.4, 0.5) is 14.5 Å². The quantitative estimate of drug-likeness (QED) is 0.806. The highest BCUT2D eigenvalue weighted by Crippen LogP contribution is 2.29. The van der Waals surface area contributed by atoms with Crippen molar-refractivity contribution in [2.24, 2.45) is 0 Å². The second-order valence-electron chi connectivity index (χ2n) is 3.46. The van der Waals surface area contributed by atoms with Crippen LogP contribution in [0.1, 0.15) is 0 Å². The summed E-state index contributed by atoms with van der Waals surface area (Å²) in [6.45, 7) is -3.02. The molecule has 1 amide bonds. The lowest BCUT2D eigenvalue weighted by Gasteiger charge is -2.09. The molecule has 0 aliphatic rings. The Kier molecular flexibility index (Phi) is 6.53. The summed E-state index contributed by atoms with van der Waals surface area (Å²) in [6, 6.07) is 3.88. The number of benzene rings is 1. The largest absolute Gasteiger partial charge is 0.481 e. The highest BCUT2D eigenvalue weighted by Gasteiger charge is 2.11. The Morgan fingerprint density at radius 1 is 1.40 bits per heavy atom. The maximum atomic E-state index is 12.1. The van der Waals surface area contributed by atoms with E-state index in [1.54, 1.807) is 0 Å². The number of carboxylic acids is 1. The number of aliphatic carboxylic acids is 1. The number of rotatable bonds is 7. The molecule has 0 atom stereocenters. The zero-order valence-electron chi connectivity index (χ0n) is 9.94. The van der Waals surface area contributed by atoms with Gasteiger partial charge in [-0.1, -0.05) is 11.6 Å². The van der Waals surface area contributed by atoms with Gasteiger partial charge in [0.15, 0.2) is 0 Å². The second kappa shape index (κ2) is 7.91. The predicted molar refractivity (Wildman–Crippen MR) is 71.7 cm³/mol. The van der Waals surface area contributed by atoms with Crippen LogP contribution in [-0.2, 0) is 9.59 Å². The Bertz CT molecular complexity index is 501. The van der Waals surface area contributed by atoms with E-state index in [0.29, 0.717) is 0 Å². The average molecular weight is 326 g/mol. The van der Waals surface area contributed by atoms with Gasteiger partial charge in [-0.15, -0.1) is 11.8 Å². The van der Waals surface area contributed by atoms with Crippen LogP contribution in [0.3, 0.4) is 0 Å². The van der Waals surface area contributed by atoms with E-state index in [1.165, 1.54) is 12.1 Å². The van der Waals surface area contributed by atoms with E-state index >= 15 is 0 Å². The summed E-state index contributed by atoms with van der Waals surface area (Å²) in [5.41, 5.74) is 0.228. The number of carbonyl (C=O) groups excluding carboxylic acids is 1. The van der Waals surface area contributed by atoms with Crippen molar-refractivity contribution in [2.75, 3.05) is 16.8 Å². The van der Waals surface area contributed by atoms with Gasteiger partial charge in [-0.3, -0.25) is 9.59 Å². The Balaban J connectivity index is 2.59. The number of hydrogen-bond donors (Lipinski definition) is 2. The van der Waals surface area contributed by atoms with E-state index in [4.69, 9.17) is 16.7 Å². The van der Waals surface area contributed by atoms with Gasteiger partial charge in [0.2, 0.25) is 5.91 Å². The molecular formula is C11H10ClF2NO4S. The van der Waals surface area contributed by atoms with Crippen LogP contribution < -0.4 is 10.1 Å². The molecule has 0 aliphatic heterocycles. The Morgan fingerprint density at radius 3 is 2.70 bits per heavy atom. The third-order valence-corrected chi connectivity index (χ3v) is 3.12. The zero-order chi connectivity index (χ0) is 15.1. The van der Waals surface area contributed by atoms with Crippen LogP contribution in [-0.4, -0.2) is 35.1 Å². The minimum absolute atomic E-state index is 0.0106. The number of halogens is 3. The van der Waals surface area contributed by atoms with Crippen molar-refractivity contribution in [1.82, 2.24) is 0 Å². The zero-order valence-corrected chi connectivity index (χ0v) is 11.5. The summed E-state index contributed by atoms with van der Waals surface area (Å²) >= 11 is 6.57. The second-order valence-corrected chi connectivity index (χ2v) is 4.85. The van der Waals surface area contributed by atoms with Gasteiger partial charge in [-0.25, -0.2) is 0 Å². The summed E-state index contributed by atoms with van der Waals surface area (Å²) < 4.78 is 28.4. The van der Waals surface area contributed by atoms with Crippen LogP contribution in [0.15, 0.2) is 18.2 Å². The lowest BCUT2D eigenvalue weighted by molar-refractivity contribution is -0.133. The molecule has 110 valence electrons. The molecule has 0 aliphatic carbocycles. The SMILES string of the molecule is O=C(O)CSCC(=O)Nc1ccc(Cl)c(OC(F)F)c1. The van der Waals surface area contributed by atoms with Crippen molar-refractivity contribution in [3.8, 4) is 5.75 Å². The topological polar surface area (TPSA) is 75.6 Å². The molecule has 9 heteroatoms. The molecule has 0 saturated carbocycles. The molecule has 1 rings (SSSR count). The first-order chi connectivity index (χ1) is 9.38. The Labute approximate surface area is 122 Å². The number of amides is 1. The number of hydrogen-bond acceptors (Lipinski definition) is 4. The molecule has 20 heavy (non-hydrogen) atoms. The van der Waals surface area contributed by atoms with Gasteiger partial charge < -0.3 is 15.2 Å². The third kappa shape index (κ3) is 6.07. The standard InChI is InChI=1S/C11H10ClF2NO4S/c12-7-2-1-6(3-8(7)19-11(13)14)15-9(16)4-20-5-10(17)18/h1-3,11H,4-5H2,(H,15,16)(H,17,18). The molecule has 0 aromatic heterocycles. The van der Waals surface area contributed by atoms with Crippen molar-refractivity contribution >= 4 is 40.9 Å². The molecule has 2 N–H and O–H groups in total. The van der Waals surface area contributed by atoms with Crippen molar-refractivity contribution < 1.29 is 28.2 Å². The Morgan fingerprint density at radius 2 is 2.10 bits per heavy atom. The number of anilines is 1. The van der Waals surface area contributed by atoms with Gasteiger partial charge in [-0.05, 0) is 12.1 Å². The minimum Gasteiger partial charge on any atom is -0.481 e. The van der Waals surface area contributed by atoms with Crippen LogP contribution in [0.25, 0.3) is 0 Å². The summed E-state index contributed by atoms with van der Waals surface area (Å²) in [6.07, 6.45) is 0. The number of ether oxygens (including phenoxy) is 1. The summed E-state index contributed by atoms with van der Waals surface area (Å²) in [5, 5.41) is 10.8. The van der Waals surface area contributed by atoms with Gasteiger partial charge in [0, 0.05) is 11.8 Å². The van der Waals surface area contributed by atoms with E-state index in [2.05, 4.69) is 10.1 Å². The van der Waals surface area contributed by atoms with Gasteiger partial charge >= 0.3 is 12.6 Å². The monoisotopic (exact) mass is 325 g/mol. The van der Waals surface area contributed by atoms with E-state index in [1.807, 2.05) is 0 Å². The summed E-state index contributed by atoms with van der Waals surface area (Å²) in [4.78, 5) is 21.7. The molecular weight excluding hydrogens is 316 g/mol. The number of carbonyl (C=O) groups is 2. The molecule has 0 bridgehead atoms. The van der Waals surface area contributed by atoms with Gasteiger partial charge in [-0.2, -0.15) is 8.78 Å². The molecule has 1 aromatic rings. The molecule has 0 unspecified atom stereocenters. The normalized spacial score (nSPS) is 10.4. The molecule has 0 saturated heterocycles. The molecule has 0 spiro atoms. The molecule has 0 heterocycles. The first-order valence-corrected chi connectivity index (χ1v) is 6.75. The van der Waals surface area contributed by atoms with E-state index in [9.17, 15) is 18.4 Å². The number of thioether (sulfide) groups is 1. The minimum atomic E-state index is -3.02. The van der Waals surface area contributed by atoms with Gasteiger partial charge in [0.1, 0.15) is 5.75 Å². The lowest BCUT2D eigenvalue weighted by atomic mass is 10.3. The van der Waals surface area contributed by atoms with Crippen molar-refractivity contribution in [3.05, 3.63) is 23.2 Å². The summed E-state index contributed by atoms with van der Waals surface area (Å²) in [7, 11) is 0. The van der Waals surface area contributed by atoms with Crippen LogP contribution in [0.5, 0.6) is 5.75 Å². The van der Waals surface area contributed by atoms with E-state index in [-0.39, 0.29) is 28.0 Å². The number of nitrogens with one attached hydrogen (secondary N) is 1. The fourth-order valence-electron chi connectivity index (χ4n) is 1.20. The maximum Gasteiger partial charge on any atom is 0.387 e. The Hall–Kier alpha value is -1.54. The maximum absolute atomic E-state index is 12.1. The number of alkyl halides is 2. The predicted octanol–water partition coefficient (Wildman–Crippen LogP) is 2.70. The fourth-order valence-corrected chi connectivity index (χ4v) is 1.89. The lowest BCUT2D eigenvalue weighted by Crippen LogP contribution is -2.15. The molecule has 1 aromatic carbocycles. The highest BCUT2D eigenvalue weighted by molar-refractivity contribution is 8.00. The third-order valence-electron chi connectivity index (χ3n) is 1.89. The van der Waals surface area contributed by atoms with Gasteiger partial charge in [0.25, 0.3) is 0 Å². The van der Waals surface area contributed by atoms with Crippen LogP contribution in [0, 0.1) is 0 Å². The van der Waals surface area contributed by atoms with E-state index in [0.717, 1.165) is 17.8 Å². The highest BCUT2D eigenvalue weighted by atomic mass is 35.5. The molecule has 0 fully saturated rings. The van der Waals surface area contributed by atoms with Crippen LogP contribution in [0.2, 0.25) is 5.02 Å². The molecule has 5 nitrogen and oxygen atoms in total. The van der Waals surface area contributed by atoms with Gasteiger partial charge in [0.05, 0.1) is 16.5 Å². The smallest absolute Gasteiger partial charge is 0.387 e. The first-order valence-electron chi connectivity index (χ1n) is 5.22. The molecule has 0 radical (unpaired) electrons. The number of carboxylic acid groups (broad SMARTS) is 1. The average Bonchev–Trinajstić information content (AvgIpc) is 2.32.